The van der Waals surface area contributed by atoms with Crippen LogP contribution < -0.4 is 5.32 Å². The molecule has 0 saturated heterocycles. The fourth-order valence-electron chi connectivity index (χ4n) is 2.51. The summed E-state index contributed by atoms with van der Waals surface area (Å²) < 4.78 is 1.77. The highest BCUT2D eigenvalue weighted by Gasteiger charge is 2.41. The van der Waals surface area contributed by atoms with Gasteiger partial charge >= 0.3 is 5.97 Å². The second-order valence-corrected chi connectivity index (χ2v) is 6.20. The molecule has 0 aromatic carbocycles. The summed E-state index contributed by atoms with van der Waals surface area (Å²) in [6.07, 6.45) is 7.20. The van der Waals surface area contributed by atoms with E-state index >= 15 is 0 Å². The third kappa shape index (κ3) is 2.70. The standard InChI is InChI=1S/C12H19N3O2S/c1-13-12(11(16)17)5-3-4-9(6-12)18-10-7-14-15(2)8-10/h7-9,13H,3-6H2,1-2H3,(H,16,17). The fourth-order valence-corrected chi connectivity index (χ4v) is 3.86. The first-order chi connectivity index (χ1) is 8.55. The molecule has 0 bridgehead atoms. The van der Waals surface area contributed by atoms with Gasteiger partial charge in [0.25, 0.3) is 0 Å². The van der Waals surface area contributed by atoms with Gasteiger partial charge in [-0.1, -0.05) is 0 Å². The van der Waals surface area contributed by atoms with Crippen molar-refractivity contribution < 1.29 is 9.90 Å². The van der Waals surface area contributed by atoms with E-state index in [1.807, 2.05) is 19.4 Å². The maximum absolute atomic E-state index is 11.4. The molecule has 1 heterocycles. The van der Waals surface area contributed by atoms with Gasteiger partial charge in [0.1, 0.15) is 5.54 Å². The minimum absolute atomic E-state index is 0.339. The number of aromatic nitrogens is 2. The SMILES string of the molecule is CNC1(C(=O)O)CCCC(Sc2cnn(C)c2)C1. The molecule has 100 valence electrons. The molecule has 1 aromatic rings. The largest absolute Gasteiger partial charge is 0.480 e. The molecule has 1 fully saturated rings. The summed E-state index contributed by atoms with van der Waals surface area (Å²) in [5.41, 5.74) is -0.752. The van der Waals surface area contributed by atoms with Crippen molar-refractivity contribution in [1.29, 1.82) is 0 Å². The average Bonchev–Trinajstić information content (AvgIpc) is 2.74. The number of hydrogen-bond donors (Lipinski definition) is 2. The van der Waals surface area contributed by atoms with Crippen molar-refractivity contribution in [2.75, 3.05) is 7.05 Å². The van der Waals surface area contributed by atoms with Gasteiger partial charge in [-0.3, -0.25) is 9.48 Å². The minimum atomic E-state index is -0.752. The molecular weight excluding hydrogens is 250 g/mol. The van der Waals surface area contributed by atoms with Gasteiger partial charge in [-0.15, -0.1) is 11.8 Å². The summed E-state index contributed by atoms with van der Waals surface area (Å²) in [5, 5.41) is 16.9. The maximum atomic E-state index is 11.4. The van der Waals surface area contributed by atoms with Crippen molar-refractivity contribution in [3.63, 3.8) is 0 Å². The molecule has 1 saturated carbocycles. The van der Waals surface area contributed by atoms with Crippen molar-refractivity contribution >= 4 is 17.7 Å². The quantitative estimate of drug-likeness (QED) is 0.867. The zero-order chi connectivity index (χ0) is 13.2. The molecule has 0 radical (unpaired) electrons. The molecule has 0 amide bonds. The summed E-state index contributed by atoms with van der Waals surface area (Å²) in [6.45, 7) is 0. The molecule has 1 aliphatic rings. The number of thioether (sulfide) groups is 1. The Morgan fingerprint density at radius 3 is 3.06 bits per heavy atom. The Morgan fingerprint density at radius 1 is 1.72 bits per heavy atom. The number of nitrogens with zero attached hydrogens (tertiary/aromatic N) is 2. The Morgan fingerprint density at radius 2 is 2.50 bits per heavy atom. The van der Waals surface area contributed by atoms with Crippen LogP contribution in [0.5, 0.6) is 0 Å². The highest BCUT2D eigenvalue weighted by molar-refractivity contribution is 8.00. The molecule has 0 spiro atoms. The number of nitrogens with one attached hydrogen (secondary N) is 1. The lowest BCUT2D eigenvalue weighted by atomic mass is 9.81. The molecule has 1 aromatic heterocycles. The van der Waals surface area contributed by atoms with Crippen molar-refractivity contribution in [3.05, 3.63) is 12.4 Å². The summed E-state index contributed by atoms with van der Waals surface area (Å²) in [5.74, 6) is -0.735. The van der Waals surface area contributed by atoms with E-state index in [-0.39, 0.29) is 0 Å². The van der Waals surface area contributed by atoms with E-state index in [0.717, 1.165) is 17.7 Å². The van der Waals surface area contributed by atoms with Crippen LogP contribution in [0.15, 0.2) is 17.3 Å². The van der Waals surface area contributed by atoms with Crippen LogP contribution in [-0.4, -0.2) is 38.7 Å². The van der Waals surface area contributed by atoms with Crippen LogP contribution in [-0.2, 0) is 11.8 Å². The molecule has 2 N–H and O–H groups in total. The number of likely N-dealkylation sites (N-methyl/N-ethyl adjacent to an activating group) is 1. The lowest BCUT2D eigenvalue weighted by Gasteiger charge is -2.36. The lowest BCUT2D eigenvalue weighted by Crippen LogP contribution is -2.53. The topological polar surface area (TPSA) is 67.2 Å². The summed E-state index contributed by atoms with van der Waals surface area (Å²) in [6, 6.07) is 0. The summed E-state index contributed by atoms with van der Waals surface area (Å²) in [7, 11) is 3.63. The highest BCUT2D eigenvalue weighted by Crippen LogP contribution is 2.38. The molecule has 1 aliphatic carbocycles. The third-order valence-corrected chi connectivity index (χ3v) is 4.80. The first-order valence-electron chi connectivity index (χ1n) is 6.13. The van der Waals surface area contributed by atoms with Crippen LogP contribution in [0.4, 0.5) is 0 Å². The fraction of sp³-hybridized carbons (Fsp3) is 0.667. The van der Waals surface area contributed by atoms with Crippen molar-refractivity contribution in [1.82, 2.24) is 15.1 Å². The van der Waals surface area contributed by atoms with Crippen LogP contribution in [0.25, 0.3) is 0 Å². The average molecular weight is 269 g/mol. The molecule has 6 heteroatoms. The van der Waals surface area contributed by atoms with Crippen LogP contribution in [0.1, 0.15) is 25.7 Å². The molecule has 0 aliphatic heterocycles. The third-order valence-electron chi connectivity index (χ3n) is 3.58. The summed E-state index contributed by atoms with van der Waals surface area (Å²) >= 11 is 1.73. The Kier molecular flexibility index (Phi) is 3.97. The van der Waals surface area contributed by atoms with Crippen LogP contribution in [0, 0.1) is 0 Å². The number of rotatable bonds is 4. The second kappa shape index (κ2) is 5.32. The molecule has 2 rings (SSSR count). The molecular formula is C12H19N3O2S. The van der Waals surface area contributed by atoms with E-state index in [9.17, 15) is 9.90 Å². The van der Waals surface area contributed by atoms with E-state index in [0.29, 0.717) is 18.1 Å². The van der Waals surface area contributed by atoms with Crippen LogP contribution in [0.2, 0.25) is 0 Å². The monoisotopic (exact) mass is 269 g/mol. The Labute approximate surface area is 111 Å². The Balaban J connectivity index is 2.04. The van der Waals surface area contributed by atoms with Gasteiger partial charge in [-0.2, -0.15) is 5.10 Å². The predicted octanol–water partition coefficient (Wildman–Crippen LogP) is 1.50. The molecule has 18 heavy (non-hydrogen) atoms. The molecule has 5 nitrogen and oxygen atoms in total. The number of hydrogen-bond acceptors (Lipinski definition) is 4. The number of aryl methyl sites for hydroxylation is 1. The van der Waals surface area contributed by atoms with E-state index < -0.39 is 11.5 Å². The van der Waals surface area contributed by atoms with Crippen molar-refractivity contribution in [3.8, 4) is 0 Å². The zero-order valence-electron chi connectivity index (χ0n) is 10.7. The van der Waals surface area contributed by atoms with E-state index in [1.165, 1.54) is 0 Å². The van der Waals surface area contributed by atoms with Gasteiger partial charge in [0.05, 0.1) is 6.20 Å². The first-order valence-corrected chi connectivity index (χ1v) is 7.01. The molecule has 2 unspecified atom stereocenters. The number of aliphatic carboxylic acids is 1. The summed E-state index contributed by atoms with van der Waals surface area (Å²) in [4.78, 5) is 12.5. The van der Waals surface area contributed by atoms with Crippen LogP contribution in [0.3, 0.4) is 0 Å². The number of carbonyl (C=O) groups is 1. The van der Waals surface area contributed by atoms with Gasteiger partial charge in [0.2, 0.25) is 0 Å². The van der Waals surface area contributed by atoms with Gasteiger partial charge in [-0.25, -0.2) is 0 Å². The molecule has 2 atom stereocenters. The van der Waals surface area contributed by atoms with Gasteiger partial charge in [-0.05, 0) is 32.7 Å². The maximum Gasteiger partial charge on any atom is 0.323 e. The Bertz CT molecular complexity index is 435. The van der Waals surface area contributed by atoms with Gasteiger partial charge in [0, 0.05) is 23.4 Å². The zero-order valence-corrected chi connectivity index (χ0v) is 11.5. The van der Waals surface area contributed by atoms with E-state index in [2.05, 4.69) is 10.4 Å². The number of carboxylic acid groups (broad SMARTS) is 1. The first kappa shape index (κ1) is 13.4. The van der Waals surface area contributed by atoms with E-state index in [4.69, 9.17) is 0 Å². The normalized spacial score (nSPS) is 28.2. The van der Waals surface area contributed by atoms with Gasteiger partial charge < -0.3 is 10.4 Å². The predicted molar refractivity (Wildman–Crippen MR) is 70.7 cm³/mol. The second-order valence-electron chi connectivity index (χ2n) is 4.82. The minimum Gasteiger partial charge on any atom is -0.480 e. The number of carboxylic acids is 1. The van der Waals surface area contributed by atoms with Crippen molar-refractivity contribution in [2.24, 2.45) is 7.05 Å². The Hall–Kier alpha value is -1.01. The smallest absolute Gasteiger partial charge is 0.323 e. The van der Waals surface area contributed by atoms with Gasteiger partial charge in [0.15, 0.2) is 0 Å². The lowest BCUT2D eigenvalue weighted by molar-refractivity contribution is -0.146. The van der Waals surface area contributed by atoms with Crippen molar-refractivity contribution in [2.45, 2.75) is 41.4 Å². The van der Waals surface area contributed by atoms with Crippen LogP contribution >= 0.6 is 11.8 Å². The van der Waals surface area contributed by atoms with E-state index in [1.54, 1.807) is 23.5 Å². The highest BCUT2D eigenvalue weighted by atomic mass is 32.2.